The molecule has 1 aromatic carbocycles. The number of aliphatic hydroxyl groups is 1. The number of aliphatic hydroxyl groups excluding tert-OH is 1. The summed E-state index contributed by atoms with van der Waals surface area (Å²) in [6.07, 6.45) is 6.97. The Kier molecular flexibility index (Phi) is 8.53. The molecule has 6 heteroatoms. The fourth-order valence-corrected chi connectivity index (χ4v) is 5.38. The van der Waals surface area contributed by atoms with Gasteiger partial charge in [0.25, 0.3) is 0 Å². The Morgan fingerprint density at radius 1 is 0.973 bits per heavy atom. The third-order valence-electron chi connectivity index (χ3n) is 7.54. The van der Waals surface area contributed by atoms with Gasteiger partial charge in [0, 0.05) is 24.5 Å². The maximum Gasteiger partial charge on any atom is 0.316 e. The second-order valence-electron chi connectivity index (χ2n) is 11.3. The van der Waals surface area contributed by atoms with Gasteiger partial charge in [0.15, 0.2) is 0 Å². The molecule has 3 aromatic rings. The van der Waals surface area contributed by atoms with Gasteiger partial charge in [-0.3, -0.25) is 20.2 Å². The first-order chi connectivity index (χ1) is 17.7. The highest BCUT2D eigenvalue weighted by Crippen LogP contribution is 2.43. The fourth-order valence-electron chi connectivity index (χ4n) is 5.38. The van der Waals surface area contributed by atoms with Crippen molar-refractivity contribution in [1.82, 2.24) is 14.9 Å². The minimum Gasteiger partial charge on any atom is -0.392 e. The van der Waals surface area contributed by atoms with E-state index >= 15 is 0 Å². The van der Waals surface area contributed by atoms with Crippen LogP contribution in [-0.2, 0) is 24.5 Å². The molecule has 2 unspecified atom stereocenters. The number of hydrogen-bond acceptors (Lipinski definition) is 5. The highest BCUT2D eigenvalue weighted by molar-refractivity contribution is 5.71. The predicted octanol–water partition coefficient (Wildman–Crippen LogP) is 4.69. The summed E-state index contributed by atoms with van der Waals surface area (Å²) in [7, 11) is 0. The van der Waals surface area contributed by atoms with Gasteiger partial charge >= 0.3 is 5.91 Å². The van der Waals surface area contributed by atoms with Gasteiger partial charge in [-0.05, 0) is 94.3 Å². The lowest BCUT2D eigenvalue weighted by molar-refractivity contribution is -0.590. The topological polar surface area (TPSA) is 82.9 Å². The first-order valence-electron chi connectivity index (χ1n) is 13.4. The summed E-state index contributed by atoms with van der Waals surface area (Å²) in [5.74, 6) is 0.137. The minimum absolute atomic E-state index is 0.0369. The molecule has 3 N–H and O–H groups in total. The number of amides is 1. The van der Waals surface area contributed by atoms with Crippen LogP contribution in [0.4, 0.5) is 0 Å². The van der Waals surface area contributed by atoms with Crippen LogP contribution in [0.2, 0.25) is 0 Å². The summed E-state index contributed by atoms with van der Waals surface area (Å²) in [5.41, 5.74) is 7.32. The quantitative estimate of drug-likeness (QED) is 0.491. The van der Waals surface area contributed by atoms with Gasteiger partial charge in [-0.15, -0.1) is 0 Å². The molecule has 0 aliphatic carbocycles. The monoisotopic (exact) mass is 501 g/mol. The van der Waals surface area contributed by atoms with Crippen LogP contribution >= 0.6 is 0 Å². The number of aromatic nitrogens is 2. The van der Waals surface area contributed by atoms with E-state index in [1.54, 1.807) is 5.32 Å². The minimum atomic E-state index is -0.384. The summed E-state index contributed by atoms with van der Waals surface area (Å²) in [4.78, 5) is 24.6. The van der Waals surface area contributed by atoms with Gasteiger partial charge in [0.2, 0.25) is 0 Å². The lowest BCUT2D eigenvalue weighted by Gasteiger charge is -2.43. The molecule has 2 aromatic heterocycles. The number of quaternary nitrogens is 1. The van der Waals surface area contributed by atoms with E-state index in [1.807, 2.05) is 51.4 Å². The molecule has 1 saturated heterocycles. The van der Waals surface area contributed by atoms with Gasteiger partial charge in [-0.1, -0.05) is 24.3 Å². The summed E-state index contributed by atoms with van der Waals surface area (Å²) < 4.78 is 0. The number of pyridine rings is 2. The number of nitrogens with zero attached hydrogens (tertiary/aromatic N) is 3. The molecule has 4 rings (SSSR count). The number of carbonyl (C=O) groups is 1. The number of piperidine rings is 1. The van der Waals surface area contributed by atoms with Crippen molar-refractivity contribution >= 4 is 5.91 Å². The number of carbonyl (C=O) groups excluding carboxylic acids is 1. The van der Waals surface area contributed by atoms with Crippen LogP contribution < -0.4 is 5.32 Å². The molecule has 0 radical (unpaired) electrons. The number of nitrogens with two attached hydrogens (primary N) is 1. The molecule has 37 heavy (non-hydrogen) atoms. The first-order valence-corrected chi connectivity index (χ1v) is 13.4. The normalized spacial score (nSPS) is 18.6. The van der Waals surface area contributed by atoms with E-state index in [0.717, 1.165) is 47.3 Å². The average molecular weight is 502 g/mol. The Morgan fingerprint density at radius 3 is 2.08 bits per heavy atom. The van der Waals surface area contributed by atoms with E-state index in [2.05, 4.69) is 43.0 Å². The molecular weight excluding hydrogens is 460 g/mol. The fraction of sp³-hybridized carbons (Fsp3) is 0.452. The molecule has 1 amide bonds. The van der Waals surface area contributed by atoms with E-state index in [1.165, 1.54) is 11.1 Å². The Bertz CT molecular complexity index is 1180. The Balaban J connectivity index is 1.67. The van der Waals surface area contributed by atoms with Crippen LogP contribution in [0, 0.1) is 19.3 Å². The van der Waals surface area contributed by atoms with Crippen molar-refractivity contribution in [2.75, 3.05) is 0 Å². The number of aryl methyl sites for hydroxylation is 2. The number of likely N-dealkylation sites (tertiary alicyclic amines) is 1. The van der Waals surface area contributed by atoms with E-state index in [4.69, 9.17) is 9.97 Å². The zero-order valence-corrected chi connectivity index (χ0v) is 22.9. The average Bonchev–Trinajstić information content (AvgIpc) is 2.88. The summed E-state index contributed by atoms with van der Waals surface area (Å²) in [6, 6.07) is 14.9. The highest BCUT2D eigenvalue weighted by Gasteiger charge is 2.35. The Hall–Kier alpha value is -2.93. The third kappa shape index (κ3) is 6.32. The molecule has 0 saturated carbocycles. The highest BCUT2D eigenvalue weighted by atomic mass is 16.3. The number of primary amides is 1. The summed E-state index contributed by atoms with van der Waals surface area (Å²) in [5, 5.41) is 12.1. The van der Waals surface area contributed by atoms with Crippen molar-refractivity contribution in [3.63, 3.8) is 0 Å². The van der Waals surface area contributed by atoms with Crippen LogP contribution in [0.3, 0.4) is 0 Å². The van der Waals surface area contributed by atoms with Crippen LogP contribution in [-0.4, -0.2) is 25.9 Å². The van der Waals surface area contributed by atoms with Crippen molar-refractivity contribution in [2.24, 2.45) is 5.41 Å². The van der Waals surface area contributed by atoms with E-state index in [0.29, 0.717) is 13.1 Å². The summed E-state index contributed by atoms with van der Waals surface area (Å²) >= 11 is 0. The van der Waals surface area contributed by atoms with Crippen LogP contribution in [0.1, 0.15) is 91.3 Å². The zero-order valence-electron chi connectivity index (χ0n) is 22.9. The largest absolute Gasteiger partial charge is 0.392 e. The van der Waals surface area contributed by atoms with Gasteiger partial charge in [-0.2, -0.15) is 0 Å². The summed E-state index contributed by atoms with van der Waals surface area (Å²) in [6.45, 7) is 11.3. The van der Waals surface area contributed by atoms with Crippen LogP contribution in [0.25, 0.3) is 0 Å². The molecule has 1 aliphatic heterocycles. The number of rotatable bonds is 7. The smallest absolute Gasteiger partial charge is 0.316 e. The molecule has 0 spiro atoms. The second-order valence-corrected chi connectivity index (χ2v) is 11.3. The van der Waals surface area contributed by atoms with Crippen molar-refractivity contribution < 1.29 is 15.2 Å². The van der Waals surface area contributed by atoms with Gasteiger partial charge in [0.1, 0.15) is 6.54 Å². The number of benzene rings is 1. The van der Waals surface area contributed by atoms with Crippen molar-refractivity contribution in [1.29, 1.82) is 0 Å². The lowest BCUT2D eigenvalue weighted by atomic mass is 9.88. The molecule has 1 aliphatic rings. The second kappa shape index (κ2) is 11.6. The van der Waals surface area contributed by atoms with E-state index < -0.39 is 0 Å². The Morgan fingerprint density at radius 2 is 1.57 bits per heavy atom. The van der Waals surface area contributed by atoms with Gasteiger partial charge in [0.05, 0.1) is 35.5 Å². The predicted molar refractivity (Wildman–Crippen MR) is 145 cm³/mol. The van der Waals surface area contributed by atoms with Crippen molar-refractivity contribution in [3.8, 4) is 0 Å². The van der Waals surface area contributed by atoms with Crippen molar-refractivity contribution in [3.05, 3.63) is 94.1 Å². The SMILES string of the molecule is Cc1cccnc1C1CCCC(c2ncccc2C)N1Cc1ccc(C[NH2+]C(=O)C(C)(C)C)cc1CO. The van der Waals surface area contributed by atoms with Crippen LogP contribution in [0.15, 0.2) is 54.9 Å². The maximum absolute atomic E-state index is 12.4. The number of hydrogen-bond donors (Lipinski definition) is 2. The van der Waals surface area contributed by atoms with Crippen LogP contribution in [0.5, 0.6) is 0 Å². The van der Waals surface area contributed by atoms with Gasteiger partial charge in [-0.25, -0.2) is 4.79 Å². The van der Waals surface area contributed by atoms with Gasteiger partial charge < -0.3 is 5.11 Å². The Labute approximate surface area is 221 Å². The molecule has 0 bridgehead atoms. The lowest BCUT2D eigenvalue weighted by Crippen LogP contribution is -2.89. The molecular formula is C31H41N4O2+. The molecule has 1 fully saturated rings. The molecule has 196 valence electrons. The van der Waals surface area contributed by atoms with E-state index in [9.17, 15) is 9.90 Å². The molecule has 6 nitrogen and oxygen atoms in total. The van der Waals surface area contributed by atoms with E-state index in [-0.39, 0.29) is 30.0 Å². The maximum atomic E-state index is 12.4. The zero-order chi connectivity index (χ0) is 26.6. The molecule has 3 heterocycles. The first kappa shape index (κ1) is 27.1. The standard InChI is InChI=1S/C31H40N4O2/c1-21-9-7-15-32-28(21)26-11-6-12-27(29-22(2)10-8-16-33-29)35(26)19-24-14-13-23(17-25(24)20-36)18-34-30(37)31(3,4)5/h7-10,13-17,26-27,36H,6,11-12,18-20H2,1-5H3,(H,34,37)/p+1. The third-order valence-corrected chi connectivity index (χ3v) is 7.54. The molecule has 2 atom stereocenters. The van der Waals surface area contributed by atoms with Crippen molar-refractivity contribution in [2.45, 2.75) is 85.7 Å².